The predicted octanol–water partition coefficient (Wildman–Crippen LogP) is 0.431. The molecule has 66 valence electrons. The Labute approximate surface area is 75.3 Å². The molecule has 0 unspecified atom stereocenters. The first kappa shape index (κ1) is 7.53. The zero-order chi connectivity index (χ0) is 9.27. The average Bonchev–Trinajstić information content (AvgIpc) is 2.78. The van der Waals surface area contributed by atoms with Crippen LogP contribution in [-0.2, 0) is 5.54 Å². The maximum Gasteiger partial charge on any atom is 0.246 e. The van der Waals surface area contributed by atoms with E-state index in [2.05, 4.69) is 5.10 Å². The fourth-order valence-corrected chi connectivity index (χ4v) is 2.22. The van der Waals surface area contributed by atoms with Crippen LogP contribution in [-0.4, -0.2) is 24.1 Å². The molecule has 1 aromatic heterocycles. The number of nitrogens with zero attached hydrogens (tertiary/aromatic N) is 2. The highest BCUT2D eigenvalue weighted by molar-refractivity contribution is 6.31. The van der Waals surface area contributed by atoms with Gasteiger partial charge in [0.25, 0.3) is 0 Å². The third-order valence-electron chi connectivity index (χ3n) is 3.35. The van der Waals surface area contributed by atoms with E-state index in [1.54, 1.807) is 10.9 Å². The highest BCUT2D eigenvalue weighted by atomic mass is 19.3. The summed E-state index contributed by atoms with van der Waals surface area (Å²) in [5.74, 6) is 0. The van der Waals surface area contributed by atoms with Crippen LogP contribution in [0.1, 0.15) is 12.8 Å². The van der Waals surface area contributed by atoms with Gasteiger partial charge in [0.15, 0.2) is 0 Å². The third-order valence-corrected chi connectivity index (χ3v) is 3.35. The number of halogens is 2. The van der Waals surface area contributed by atoms with Gasteiger partial charge in [0.2, 0.25) is 6.43 Å². The largest absolute Gasteiger partial charge is 0.266 e. The highest BCUT2D eigenvalue weighted by Gasteiger charge is 2.89. The molecule has 2 nitrogen and oxygen atoms in total. The number of hydrogen-bond donors (Lipinski definition) is 0. The minimum absolute atomic E-state index is 0.376. The molecule has 1 heterocycles. The van der Waals surface area contributed by atoms with Crippen molar-refractivity contribution in [2.24, 2.45) is 5.41 Å². The molecule has 2 aliphatic carbocycles. The van der Waals surface area contributed by atoms with Crippen LogP contribution in [0.2, 0.25) is 0 Å². The van der Waals surface area contributed by atoms with Crippen molar-refractivity contribution in [3.8, 4) is 0 Å². The van der Waals surface area contributed by atoms with E-state index >= 15 is 0 Å². The lowest BCUT2D eigenvalue weighted by molar-refractivity contribution is 0.0919. The fraction of sp³-hybridized carbons (Fsp3) is 0.625. The van der Waals surface area contributed by atoms with Gasteiger partial charge in [-0.2, -0.15) is 5.10 Å². The molecule has 0 saturated heterocycles. The number of fused-ring (bicyclic) bond motifs is 1. The number of alkyl halides is 2. The van der Waals surface area contributed by atoms with Crippen LogP contribution in [0.25, 0.3) is 0 Å². The second kappa shape index (κ2) is 1.81. The summed E-state index contributed by atoms with van der Waals surface area (Å²) >= 11 is 0. The predicted molar refractivity (Wildman–Crippen MR) is 43.3 cm³/mol. The zero-order valence-electron chi connectivity index (χ0n) is 6.87. The van der Waals surface area contributed by atoms with Gasteiger partial charge in [-0.15, -0.1) is 0 Å². The molecule has 0 aliphatic heterocycles. The zero-order valence-corrected chi connectivity index (χ0v) is 6.87. The number of aromatic nitrogens is 2. The summed E-state index contributed by atoms with van der Waals surface area (Å²) in [6, 6.07) is 0. The lowest BCUT2D eigenvalue weighted by Crippen LogP contribution is -2.08. The minimum Gasteiger partial charge on any atom is -0.266 e. The van der Waals surface area contributed by atoms with Gasteiger partial charge >= 0.3 is 0 Å². The van der Waals surface area contributed by atoms with Crippen LogP contribution in [0.4, 0.5) is 8.78 Å². The van der Waals surface area contributed by atoms with Crippen molar-refractivity contribution in [3.05, 3.63) is 12.4 Å². The highest BCUT2D eigenvalue weighted by Crippen LogP contribution is 2.85. The second-order valence-corrected chi connectivity index (χ2v) is 4.06. The molecule has 0 amide bonds. The summed E-state index contributed by atoms with van der Waals surface area (Å²) in [4.78, 5) is 0. The fourth-order valence-electron chi connectivity index (χ4n) is 2.22. The first-order chi connectivity index (χ1) is 6.11. The quantitative estimate of drug-likeness (QED) is 0.603. The molecule has 1 aromatic rings. The van der Waals surface area contributed by atoms with Crippen molar-refractivity contribution < 1.29 is 8.78 Å². The molecule has 2 fully saturated rings. The molecular formula is C8H7BF2N2. The number of rotatable bonds is 2. The Kier molecular flexibility index (Phi) is 1.05. The SMILES string of the molecule is [B]c1cnn(C23CC2(C(F)F)C3)c1. The van der Waals surface area contributed by atoms with Gasteiger partial charge in [0, 0.05) is 12.4 Å². The lowest BCUT2D eigenvalue weighted by Gasteiger charge is -2.00. The Bertz CT molecular complexity index is 368. The Morgan fingerprint density at radius 3 is 2.62 bits per heavy atom. The minimum atomic E-state index is -2.22. The molecule has 13 heavy (non-hydrogen) atoms. The molecule has 3 rings (SSSR count). The van der Waals surface area contributed by atoms with Crippen LogP contribution >= 0.6 is 0 Å². The van der Waals surface area contributed by atoms with Gasteiger partial charge in [-0.1, -0.05) is 5.46 Å². The topological polar surface area (TPSA) is 17.8 Å². The van der Waals surface area contributed by atoms with E-state index in [1.165, 1.54) is 6.20 Å². The van der Waals surface area contributed by atoms with Crippen LogP contribution < -0.4 is 5.46 Å². The van der Waals surface area contributed by atoms with Crippen molar-refractivity contribution in [2.75, 3.05) is 0 Å². The van der Waals surface area contributed by atoms with Gasteiger partial charge in [-0.25, -0.2) is 8.78 Å². The molecule has 0 N–H and O–H groups in total. The van der Waals surface area contributed by atoms with E-state index in [0.717, 1.165) is 0 Å². The van der Waals surface area contributed by atoms with Crippen molar-refractivity contribution >= 4 is 13.3 Å². The molecule has 2 saturated carbocycles. The smallest absolute Gasteiger partial charge is 0.246 e. The summed E-state index contributed by atoms with van der Waals surface area (Å²) in [7, 11) is 5.47. The summed E-state index contributed by atoms with van der Waals surface area (Å²) in [6.07, 6.45) is 2.02. The third kappa shape index (κ3) is 0.674. The Morgan fingerprint density at radius 2 is 2.23 bits per heavy atom. The Balaban J connectivity index is 1.92. The van der Waals surface area contributed by atoms with Crippen LogP contribution in [0.3, 0.4) is 0 Å². The monoisotopic (exact) mass is 180 g/mol. The number of hydrogen-bond acceptors (Lipinski definition) is 1. The van der Waals surface area contributed by atoms with Gasteiger partial charge in [0.05, 0.1) is 11.0 Å². The Morgan fingerprint density at radius 1 is 1.54 bits per heavy atom. The summed E-state index contributed by atoms with van der Waals surface area (Å²) < 4.78 is 26.6. The Hall–Kier alpha value is -0.865. The van der Waals surface area contributed by atoms with Gasteiger partial charge < -0.3 is 0 Å². The molecular weight excluding hydrogens is 173 g/mol. The van der Waals surface area contributed by atoms with E-state index in [4.69, 9.17) is 7.85 Å². The van der Waals surface area contributed by atoms with Gasteiger partial charge in [-0.05, 0) is 12.8 Å². The van der Waals surface area contributed by atoms with Crippen molar-refractivity contribution in [3.63, 3.8) is 0 Å². The normalized spacial score (nSPS) is 40.5. The molecule has 0 spiro atoms. The van der Waals surface area contributed by atoms with Crippen molar-refractivity contribution in [1.29, 1.82) is 0 Å². The van der Waals surface area contributed by atoms with Gasteiger partial charge in [-0.3, -0.25) is 4.68 Å². The van der Waals surface area contributed by atoms with Gasteiger partial charge in [0.1, 0.15) is 7.85 Å². The average molecular weight is 180 g/mol. The van der Waals surface area contributed by atoms with E-state index in [-0.39, 0.29) is 5.54 Å². The molecule has 2 radical (unpaired) electrons. The van der Waals surface area contributed by atoms with Crippen molar-refractivity contribution in [1.82, 2.24) is 9.78 Å². The summed E-state index contributed by atoms with van der Waals surface area (Å²) in [6.45, 7) is 0. The van der Waals surface area contributed by atoms with Crippen LogP contribution in [0.5, 0.6) is 0 Å². The van der Waals surface area contributed by atoms with Crippen LogP contribution in [0, 0.1) is 5.41 Å². The molecule has 0 atom stereocenters. The molecule has 5 heteroatoms. The summed E-state index contributed by atoms with van der Waals surface area (Å²) in [5, 5.41) is 3.98. The first-order valence-corrected chi connectivity index (χ1v) is 4.20. The van der Waals surface area contributed by atoms with E-state index in [9.17, 15) is 8.78 Å². The maximum absolute atomic E-state index is 12.5. The second-order valence-electron chi connectivity index (χ2n) is 4.06. The molecule has 0 bridgehead atoms. The first-order valence-electron chi connectivity index (χ1n) is 4.20. The van der Waals surface area contributed by atoms with E-state index in [1.807, 2.05) is 0 Å². The van der Waals surface area contributed by atoms with E-state index in [0.29, 0.717) is 18.3 Å². The van der Waals surface area contributed by atoms with Crippen LogP contribution in [0.15, 0.2) is 12.4 Å². The van der Waals surface area contributed by atoms with Crippen molar-refractivity contribution in [2.45, 2.75) is 24.8 Å². The van der Waals surface area contributed by atoms with E-state index < -0.39 is 11.8 Å². The molecule has 0 aromatic carbocycles. The maximum atomic E-state index is 12.5. The molecule has 2 aliphatic rings. The standard InChI is InChI=1S/C8H7BF2N2/c9-5-1-12-13(2-5)8-3-7(8,4-8)6(10)11/h1-2,6H,3-4H2. The lowest BCUT2D eigenvalue weighted by atomic mass is 10.0. The summed E-state index contributed by atoms with van der Waals surface area (Å²) in [5.41, 5.74) is -0.596.